The lowest BCUT2D eigenvalue weighted by Gasteiger charge is -2.27. The van der Waals surface area contributed by atoms with Gasteiger partial charge in [0.2, 0.25) is 5.91 Å². The van der Waals surface area contributed by atoms with Crippen molar-refractivity contribution in [3.63, 3.8) is 0 Å². The minimum Gasteiger partial charge on any atom is -0.356 e. The summed E-state index contributed by atoms with van der Waals surface area (Å²) in [7, 11) is 0. The summed E-state index contributed by atoms with van der Waals surface area (Å²) in [5, 5.41) is 6.58. The Kier molecular flexibility index (Phi) is 7.65. The largest absolute Gasteiger partial charge is 0.356 e. The Balaban J connectivity index is 4.03. The second-order valence-corrected chi connectivity index (χ2v) is 7.40. The summed E-state index contributed by atoms with van der Waals surface area (Å²) in [5.74, 6) is 0.715. The van der Waals surface area contributed by atoms with Crippen LogP contribution in [0.25, 0.3) is 0 Å². The highest BCUT2D eigenvalue weighted by Crippen LogP contribution is 2.25. The van der Waals surface area contributed by atoms with Gasteiger partial charge in [-0.2, -0.15) is 0 Å². The van der Waals surface area contributed by atoms with Crippen molar-refractivity contribution in [3.05, 3.63) is 0 Å². The fraction of sp³-hybridized carbons (Fsp3) is 0.938. The molecular formula is C16H34N2O. The first-order valence-electron chi connectivity index (χ1n) is 7.57. The predicted molar refractivity (Wildman–Crippen MR) is 83.1 cm³/mol. The van der Waals surface area contributed by atoms with Crippen LogP contribution in [0, 0.1) is 17.3 Å². The zero-order valence-electron chi connectivity index (χ0n) is 14.1. The molecule has 3 heteroatoms. The van der Waals surface area contributed by atoms with Gasteiger partial charge in [0.1, 0.15) is 0 Å². The monoisotopic (exact) mass is 270 g/mol. The van der Waals surface area contributed by atoms with Crippen LogP contribution in [0.5, 0.6) is 0 Å². The molecule has 2 N–H and O–H groups in total. The highest BCUT2D eigenvalue weighted by molar-refractivity contribution is 5.78. The van der Waals surface area contributed by atoms with Gasteiger partial charge in [0.05, 0.1) is 0 Å². The van der Waals surface area contributed by atoms with Crippen LogP contribution in [0.3, 0.4) is 0 Å². The Morgan fingerprint density at radius 1 is 1.05 bits per heavy atom. The van der Waals surface area contributed by atoms with Crippen molar-refractivity contribution in [2.45, 2.75) is 73.9 Å². The van der Waals surface area contributed by atoms with Gasteiger partial charge in [0.15, 0.2) is 0 Å². The zero-order chi connectivity index (χ0) is 15.2. The first-order chi connectivity index (χ1) is 8.54. The average Bonchev–Trinajstić information content (AvgIpc) is 2.22. The van der Waals surface area contributed by atoms with Crippen molar-refractivity contribution in [2.24, 2.45) is 17.3 Å². The van der Waals surface area contributed by atoms with Gasteiger partial charge in [-0.05, 0) is 24.7 Å². The molecule has 19 heavy (non-hydrogen) atoms. The second kappa shape index (κ2) is 7.88. The van der Waals surface area contributed by atoms with E-state index in [1.54, 1.807) is 0 Å². The molecule has 0 fully saturated rings. The molecule has 0 aromatic rings. The fourth-order valence-corrected chi connectivity index (χ4v) is 2.15. The van der Waals surface area contributed by atoms with Crippen LogP contribution >= 0.6 is 0 Å². The predicted octanol–water partition coefficient (Wildman–Crippen LogP) is 3.20. The molecule has 0 rings (SSSR count). The number of rotatable bonds is 7. The maximum absolute atomic E-state index is 12.0. The normalized spacial score (nSPS) is 17.1. The van der Waals surface area contributed by atoms with Crippen molar-refractivity contribution in [1.29, 1.82) is 0 Å². The molecule has 0 aliphatic rings. The van der Waals surface area contributed by atoms with Crippen LogP contribution in [0.2, 0.25) is 0 Å². The van der Waals surface area contributed by atoms with Crippen LogP contribution in [-0.2, 0) is 4.79 Å². The number of hydrogen-bond donors (Lipinski definition) is 2. The van der Waals surface area contributed by atoms with Crippen molar-refractivity contribution in [3.8, 4) is 0 Å². The van der Waals surface area contributed by atoms with E-state index in [9.17, 15) is 4.79 Å². The summed E-state index contributed by atoms with van der Waals surface area (Å²) in [5.41, 5.74) is 0.0276. The minimum absolute atomic E-state index is 0.0276. The summed E-state index contributed by atoms with van der Waals surface area (Å²) < 4.78 is 0. The standard InChI is InChI=1S/C16H34N2O/c1-11(2)18-13(4)9-12(3)10-17-15(19)14(5)16(6,7)8/h11-14,18H,9-10H2,1-8H3,(H,17,19)/t12?,13?,14-/m1/s1. The fourth-order valence-electron chi connectivity index (χ4n) is 2.15. The quantitative estimate of drug-likeness (QED) is 0.746. The van der Waals surface area contributed by atoms with Gasteiger partial charge in [-0.1, -0.05) is 48.5 Å². The lowest BCUT2D eigenvalue weighted by molar-refractivity contribution is -0.127. The van der Waals surface area contributed by atoms with E-state index in [2.05, 4.69) is 59.1 Å². The molecule has 114 valence electrons. The Labute approximate surface area is 119 Å². The lowest BCUT2D eigenvalue weighted by atomic mass is 9.81. The molecule has 0 spiro atoms. The summed E-state index contributed by atoms with van der Waals surface area (Å²) in [6.45, 7) is 17.8. The molecule has 1 amide bonds. The number of carbonyl (C=O) groups is 1. The molecule has 0 aromatic carbocycles. The molecule has 3 nitrogen and oxygen atoms in total. The van der Waals surface area contributed by atoms with E-state index in [0.29, 0.717) is 18.0 Å². The van der Waals surface area contributed by atoms with Gasteiger partial charge >= 0.3 is 0 Å². The molecule has 0 heterocycles. The van der Waals surface area contributed by atoms with Gasteiger partial charge in [0, 0.05) is 24.5 Å². The summed E-state index contributed by atoms with van der Waals surface area (Å²) in [6, 6.07) is 1.00. The third kappa shape index (κ3) is 8.25. The summed E-state index contributed by atoms with van der Waals surface area (Å²) >= 11 is 0. The Bertz CT molecular complexity index is 268. The maximum Gasteiger partial charge on any atom is 0.223 e. The SMILES string of the molecule is CC(CNC(=O)[C@@H](C)C(C)(C)C)CC(C)NC(C)C. The third-order valence-electron chi connectivity index (χ3n) is 3.69. The van der Waals surface area contributed by atoms with Gasteiger partial charge in [0.25, 0.3) is 0 Å². The smallest absolute Gasteiger partial charge is 0.223 e. The number of hydrogen-bond acceptors (Lipinski definition) is 2. The van der Waals surface area contributed by atoms with E-state index in [1.165, 1.54) is 0 Å². The zero-order valence-corrected chi connectivity index (χ0v) is 14.1. The van der Waals surface area contributed by atoms with Crippen molar-refractivity contribution in [1.82, 2.24) is 10.6 Å². The number of nitrogens with one attached hydrogen (secondary N) is 2. The summed E-state index contributed by atoms with van der Waals surface area (Å²) in [4.78, 5) is 12.0. The highest BCUT2D eigenvalue weighted by atomic mass is 16.1. The van der Waals surface area contributed by atoms with Gasteiger partial charge in [-0.25, -0.2) is 0 Å². The lowest BCUT2D eigenvalue weighted by Crippen LogP contribution is -2.40. The average molecular weight is 270 g/mol. The van der Waals surface area contributed by atoms with Gasteiger partial charge in [-0.15, -0.1) is 0 Å². The van der Waals surface area contributed by atoms with Crippen LogP contribution in [0.1, 0.15) is 61.8 Å². The van der Waals surface area contributed by atoms with E-state index in [4.69, 9.17) is 0 Å². The van der Waals surface area contributed by atoms with Gasteiger partial charge in [-0.3, -0.25) is 4.79 Å². The molecule has 0 saturated carbocycles. The van der Waals surface area contributed by atoms with E-state index in [0.717, 1.165) is 13.0 Å². The van der Waals surface area contributed by atoms with E-state index >= 15 is 0 Å². The first-order valence-corrected chi connectivity index (χ1v) is 7.57. The van der Waals surface area contributed by atoms with Crippen LogP contribution < -0.4 is 10.6 Å². The molecule has 0 saturated heterocycles. The van der Waals surface area contributed by atoms with E-state index in [-0.39, 0.29) is 17.2 Å². The molecular weight excluding hydrogens is 236 g/mol. The molecule has 0 aromatic heterocycles. The van der Waals surface area contributed by atoms with Gasteiger partial charge < -0.3 is 10.6 Å². The number of amides is 1. The van der Waals surface area contributed by atoms with Crippen LogP contribution in [0.15, 0.2) is 0 Å². The van der Waals surface area contributed by atoms with Crippen LogP contribution in [-0.4, -0.2) is 24.5 Å². The first kappa shape index (κ1) is 18.4. The minimum atomic E-state index is 0.0276. The molecule has 0 aliphatic heterocycles. The van der Waals surface area contributed by atoms with E-state index in [1.807, 2.05) is 6.92 Å². The van der Waals surface area contributed by atoms with Crippen molar-refractivity contribution >= 4 is 5.91 Å². The number of carbonyl (C=O) groups excluding carboxylic acids is 1. The molecule has 3 atom stereocenters. The highest BCUT2D eigenvalue weighted by Gasteiger charge is 2.26. The van der Waals surface area contributed by atoms with E-state index < -0.39 is 0 Å². The molecule has 0 bridgehead atoms. The molecule has 0 radical (unpaired) electrons. The topological polar surface area (TPSA) is 41.1 Å². The Morgan fingerprint density at radius 3 is 2.00 bits per heavy atom. The Morgan fingerprint density at radius 2 is 1.58 bits per heavy atom. The van der Waals surface area contributed by atoms with Crippen molar-refractivity contribution in [2.75, 3.05) is 6.54 Å². The molecule has 2 unspecified atom stereocenters. The van der Waals surface area contributed by atoms with Crippen LogP contribution in [0.4, 0.5) is 0 Å². The molecule has 0 aliphatic carbocycles. The van der Waals surface area contributed by atoms with Crippen molar-refractivity contribution < 1.29 is 4.79 Å². The maximum atomic E-state index is 12.0. The second-order valence-electron chi connectivity index (χ2n) is 7.40. The Hall–Kier alpha value is -0.570. The third-order valence-corrected chi connectivity index (χ3v) is 3.69. The summed E-state index contributed by atoms with van der Waals surface area (Å²) in [6.07, 6.45) is 1.09.